The van der Waals surface area contributed by atoms with Gasteiger partial charge in [-0.1, -0.05) is 26.3 Å². The Morgan fingerprint density at radius 1 is 0.684 bits per heavy atom. The molecule has 0 radical (unpaired) electrons. The molecule has 4 N–H and O–H groups in total. The summed E-state index contributed by atoms with van der Waals surface area (Å²) in [6.45, 7) is 13.5. The van der Waals surface area contributed by atoms with Gasteiger partial charge in [0.1, 0.15) is 0 Å². The molecule has 0 unspecified atom stereocenters. The molecular formula is C15H34N4. The lowest BCUT2D eigenvalue weighted by atomic mass is 10.2. The summed E-state index contributed by atoms with van der Waals surface area (Å²) in [5.41, 5.74) is 0. The maximum atomic E-state index is 3.63. The zero-order valence-electron chi connectivity index (χ0n) is 12.8. The van der Waals surface area contributed by atoms with Crippen LogP contribution in [0, 0.1) is 0 Å². The van der Waals surface area contributed by atoms with Gasteiger partial charge < -0.3 is 21.3 Å². The summed E-state index contributed by atoms with van der Waals surface area (Å²) in [5, 5.41) is 13.4. The monoisotopic (exact) mass is 270 g/mol. The van der Waals surface area contributed by atoms with Crippen molar-refractivity contribution in [1.82, 2.24) is 21.3 Å². The van der Waals surface area contributed by atoms with Crippen LogP contribution >= 0.6 is 0 Å². The van der Waals surface area contributed by atoms with E-state index in [0.717, 1.165) is 45.8 Å². The van der Waals surface area contributed by atoms with Crippen molar-refractivity contribution in [3.63, 3.8) is 0 Å². The third-order valence-electron chi connectivity index (χ3n) is 3.00. The topological polar surface area (TPSA) is 48.1 Å². The molecule has 19 heavy (non-hydrogen) atoms. The largest absolute Gasteiger partial charge is 0.391 e. The first-order chi connectivity index (χ1) is 9.41. The molecule has 0 spiro atoms. The van der Waals surface area contributed by atoms with Gasteiger partial charge in [0, 0.05) is 19.6 Å². The van der Waals surface area contributed by atoms with Gasteiger partial charge in [-0.2, -0.15) is 0 Å². The Kier molecular flexibility index (Phi) is 16.9. The van der Waals surface area contributed by atoms with Crippen molar-refractivity contribution in [2.45, 2.75) is 39.0 Å². The quantitative estimate of drug-likeness (QED) is 0.321. The van der Waals surface area contributed by atoms with Crippen molar-refractivity contribution >= 4 is 0 Å². The van der Waals surface area contributed by atoms with Gasteiger partial charge in [0.25, 0.3) is 0 Å². The zero-order valence-corrected chi connectivity index (χ0v) is 12.8. The van der Waals surface area contributed by atoms with Crippen LogP contribution in [0.4, 0.5) is 0 Å². The van der Waals surface area contributed by atoms with Crippen molar-refractivity contribution in [3.05, 3.63) is 12.8 Å². The Morgan fingerprint density at radius 3 is 1.89 bits per heavy atom. The van der Waals surface area contributed by atoms with Gasteiger partial charge >= 0.3 is 0 Å². The molecule has 0 aliphatic heterocycles. The van der Waals surface area contributed by atoms with Gasteiger partial charge in [-0.3, -0.25) is 0 Å². The van der Waals surface area contributed by atoms with Crippen LogP contribution in [-0.2, 0) is 0 Å². The molecule has 114 valence electrons. The molecule has 4 heteroatoms. The Morgan fingerprint density at radius 2 is 1.26 bits per heavy atom. The molecule has 0 heterocycles. The van der Waals surface area contributed by atoms with E-state index in [1.54, 1.807) is 6.20 Å². The van der Waals surface area contributed by atoms with Crippen LogP contribution in [0.3, 0.4) is 0 Å². The van der Waals surface area contributed by atoms with Gasteiger partial charge in [0.15, 0.2) is 0 Å². The molecule has 0 rings (SSSR count). The van der Waals surface area contributed by atoms with Crippen LogP contribution < -0.4 is 21.3 Å². The predicted molar refractivity (Wildman–Crippen MR) is 85.6 cm³/mol. The van der Waals surface area contributed by atoms with Crippen LogP contribution in [0.1, 0.15) is 39.0 Å². The van der Waals surface area contributed by atoms with Crippen molar-refractivity contribution in [2.24, 2.45) is 0 Å². The summed E-state index contributed by atoms with van der Waals surface area (Å²) in [6, 6.07) is 0. The predicted octanol–water partition coefficient (Wildman–Crippen LogP) is 1.46. The highest BCUT2D eigenvalue weighted by Crippen LogP contribution is 1.97. The van der Waals surface area contributed by atoms with E-state index < -0.39 is 0 Å². The minimum atomic E-state index is 1.06. The van der Waals surface area contributed by atoms with Gasteiger partial charge in [0.2, 0.25) is 0 Å². The summed E-state index contributed by atoms with van der Waals surface area (Å²) in [7, 11) is 0. The smallest absolute Gasteiger partial charge is 0.0141 e. The summed E-state index contributed by atoms with van der Waals surface area (Å²) in [5.74, 6) is 0. The summed E-state index contributed by atoms with van der Waals surface area (Å²) in [4.78, 5) is 0. The minimum absolute atomic E-state index is 1.06. The molecule has 0 fully saturated rings. The molecule has 0 saturated carbocycles. The first-order valence-electron chi connectivity index (χ1n) is 7.88. The van der Waals surface area contributed by atoms with Gasteiger partial charge in [-0.15, -0.1) is 0 Å². The Hall–Kier alpha value is -0.580. The van der Waals surface area contributed by atoms with Crippen molar-refractivity contribution in [3.8, 4) is 0 Å². The fraction of sp³-hybridized carbons (Fsp3) is 0.867. The maximum absolute atomic E-state index is 3.63. The third-order valence-corrected chi connectivity index (χ3v) is 3.00. The highest BCUT2D eigenvalue weighted by Gasteiger charge is 1.91. The van der Waals surface area contributed by atoms with E-state index in [1.165, 1.54) is 32.1 Å². The van der Waals surface area contributed by atoms with Crippen LogP contribution in [0.25, 0.3) is 0 Å². The maximum Gasteiger partial charge on any atom is 0.0141 e. The lowest BCUT2D eigenvalue weighted by molar-refractivity contribution is 0.553. The average Bonchev–Trinajstić information content (AvgIpc) is 2.43. The Bertz CT molecular complexity index is 174. The Labute approximate surface area is 119 Å². The molecule has 0 aromatic carbocycles. The first-order valence-corrected chi connectivity index (χ1v) is 7.88. The summed E-state index contributed by atoms with van der Waals surface area (Å²) >= 11 is 0. The van der Waals surface area contributed by atoms with Crippen LogP contribution in [0.15, 0.2) is 12.8 Å². The first kappa shape index (κ1) is 18.4. The number of nitrogens with one attached hydrogen (secondary N) is 4. The van der Waals surface area contributed by atoms with Crippen LogP contribution in [0.5, 0.6) is 0 Å². The molecule has 4 nitrogen and oxygen atoms in total. The molecular weight excluding hydrogens is 236 g/mol. The molecule has 0 aliphatic rings. The fourth-order valence-electron chi connectivity index (χ4n) is 1.87. The van der Waals surface area contributed by atoms with Gasteiger partial charge in [-0.25, -0.2) is 0 Å². The van der Waals surface area contributed by atoms with E-state index in [9.17, 15) is 0 Å². The normalized spacial score (nSPS) is 10.6. The summed E-state index contributed by atoms with van der Waals surface area (Å²) in [6.07, 6.45) is 8.15. The minimum Gasteiger partial charge on any atom is -0.391 e. The fourth-order valence-corrected chi connectivity index (χ4v) is 1.87. The SMILES string of the molecule is C=CNCCCCCCNCCNCCCNCC. The van der Waals surface area contributed by atoms with E-state index in [2.05, 4.69) is 34.8 Å². The van der Waals surface area contributed by atoms with Crippen LogP contribution in [-0.4, -0.2) is 45.8 Å². The molecule has 0 aliphatic carbocycles. The van der Waals surface area contributed by atoms with Crippen molar-refractivity contribution in [2.75, 3.05) is 45.8 Å². The number of unbranched alkanes of at least 4 members (excludes halogenated alkanes) is 3. The molecule has 0 aromatic rings. The van der Waals surface area contributed by atoms with Gasteiger partial charge in [-0.05, 0) is 51.6 Å². The Balaban J connectivity index is 2.89. The standard InChI is InChI=1S/C15H34N4/c1-3-16-10-7-5-6-8-11-18-14-15-19-13-9-12-17-4-2/h3,16-19H,1,4-15H2,2H3. The number of rotatable bonds is 16. The lowest BCUT2D eigenvalue weighted by Crippen LogP contribution is -2.29. The average molecular weight is 270 g/mol. The highest BCUT2D eigenvalue weighted by atomic mass is 14.9. The highest BCUT2D eigenvalue weighted by molar-refractivity contribution is 4.62. The van der Waals surface area contributed by atoms with Crippen molar-refractivity contribution in [1.29, 1.82) is 0 Å². The molecule has 0 saturated heterocycles. The van der Waals surface area contributed by atoms with E-state index in [4.69, 9.17) is 0 Å². The second kappa shape index (κ2) is 17.4. The second-order valence-electron chi connectivity index (χ2n) is 4.78. The molecule has 0 amide bonds. The molecule has 0 bridgehead atoms. The van der Waals surface area contributed by atoms with E-state index in [0.29, 0.717) is 0 Å². The van der Waals surface area contributed by atoms with Gasteiger partial charge in [0.05, 0.1) is 0 Å². The number of hydrogen-bond donors (Lipinski definition) is 4. The van der Waals surface area contributed by atoms with E-state index in [1.807, 2.05) is 0 Å². The third kappa shape index (κ3) is 17.4. The van der Waals surface area contributed by atoms with Crippen LogP contribution in [0.2, 0.25) is 0 Å². The second-order valence-corrected chi connectivity index (χ2v) is 4.78. The summed E-state index contributed by atoms with van der Waals surface area (Å²) < 4.78 is 0. The zero-order chi connectivity index (χ0) is 14.0. The van der Waals surface area contributed by atoms with Crippen molar-refractivity contribution < 1.29 is 0 Å². The van der Waals surface area contributed by atoms with E-state index >= 15 is 0 Å². The molecule has 0 aromatic heterocycles. The lowest BCUT2D eigenvalue weighted by Gasteiger charge is -2.07. The number of hydrogen-bond acceptors (Lipinski definition) is 4. The van der Waals surface area contributed by atoms with E-state index in [-0.39, 0.29) is 0 Å². The molecule has 0 atom stereocenters.